The second kappa shape index (κ2) is 9.45. The number of imidazole rings is 1. The van der Waals surface area contributed by atoms with Crippen molar-refractivity contribution in [3.8, 4) is 0 Å². The van der Waals surface area contributed by atoms with Crippen molar-refractivity contribution >= 4 is 22.8 Å². The lowest BCUT2D eigenvalue weighted by Crippen LogP contribution is -2.55. The topological polar surface area (TPSA) is 68.3 Å². The summed E-state index contributed by atoms with van der Waals surface area (Å²) < 4.78 is 4.44. The van der Waals surface area contributed by atoms with E-state index >= 15 is 0 Å². The maximum absolute atomic E-state index is 13.1. The van der Waals surface area contributed by atoms with Crippen LogP contribution in [0.4, 0.5) is 0 Å². The fourth-order valence-corrected chi connectivity index (χ4v) is 5.26. The van der Waals surface area contributed by atoms with Gasteiger partial charge in [-0.05, 0) is 30.2 Å². The first kappa shape index (κ1) is 23.5. The van der Waals surface area contributed by atoms with Crippen LogP contribution in [0.25, 0.3) is 11.2 Å². The lowest BCUT2D eigenvalue weighted by Gasteiger charge is -2.44. The summed E-state index contributed by atoms with van der Waals surface area (Å²) in [6, 6.07) is 18.8. The molecule has 182 valence electrons. The molecule has 5 rings (SSSR count). The van der Waals surface area contributed by atoms with Crippen molar-refractivity contribution in [2.45, 2.75) is 25.7 Å². The highest BCUT2D eigenvalue weighted by Crippen LogP contribution is 2.32. The average Bonchev–Trinajstić information content (AvgIpc) is 3.25. The van der Waals surface area contributed by atoms with Gasteiger partial charge >= 0.3 is 5.69 Å². The van der Waals surface area contributed by atoms with E-state index in [9.17, 15) is 9.59 Å². The van der Waals surface area contributed by atoms with Crippen LogP contribution in [0.2, 0.25) is 5.02 Å². The summed E-state index contributed by atoms with van der Waals surface area (Å²) in [5.74, 6) is 0. The Labute approximate surface area is 208 Å². The lowest BCUT2D eigenvalue weighted by molar-refractivity contribution is 0.0429. The first-order chi connectivity index (χ1) is 16.8. The normalized spacial score (nSPS) is 18.2. The second-order valence-electron chi connectivity index (χ2n) is 9.27. The highest BCUT2D eigenvalue weighted by molar-refractivity contribution is 6.30. The van der Waals surface area contributed by atoms with E-state index in [-0.39, 0.29) is 30.0 Å². The zero-order chi connectivity index (χ0) is 24.7. The molecule has 4 aromatic rings. The van der Waals surface area contributed by atoms with Crippen LogP contribution in [0.3, 0.4) is 0 Å². The van der Waals surface area contributed by atoms with Gasteiger partial charge in [0.1, 0.15) is 0 Å². The smallest absolute Gasteiger partial charge is 0.328 e. The molecule has 2 aromatic heterocycles. The first-order valence-electron chi connectivity index (χ1n) is 11.7. The van der Waals surface area contributed by atoms with E-state index in [1.807, 2.05) is 18.2 Å². The molecule has 1 aliphatic rings. The molecule has 0 amide bonds. The number of rotatable bonds is 5. The van der Waals surface area contributed by atoms with Gasteiger partial charge in [0, 0.05) is 44.8 Å². The van der Waals surface area contributed by atoms with Gasteiger partial charge in [0.15, 0.2) is 11.2 Å². The molecule has 0 aliphatic carbocycles. The Morgan fingerprint density at radius 2 is 1.69 bits per heavy atom. The van der Waals surface area contributed by atoms with Gasteiger partial charge in [-0.25, -0.2) is 14.3 Å². The van der Waals surface area contributed by atoms with Crippen molar-refractivity contribution in [2.24, 2.45) is 14.1 Å². The average molecular weight is 493 g/mol. The minimum absolute atomic E-state index is 0.0898. The first-order valence-corrected chi connectivity index (χ1v) is 12.1. The maximum Gasteiger partial charge on any atom is 0.333 e. The van der Waals surface area contributed by atoms with Gasteiger partial charge in [-0.15, -0.1) is 0 Å². The number of aryl methyl sites for hydroxylation is 2. The number of fused-ring (bicyclic) bond motifs is 1. The molecule has 35 heavy (non-hydrogen) atoms. The molecule has 0 bridgehead atoms. The number of hydrogen-bond donors (Lipinski definition) is 0. The van der Waals surface area contributed by atoms with Crippen molar-refractivity contribution in [1.29, 1.82) is 0 Å². The van der Waals surface area contributed by atoms with Gasteiger partial charge in [0.05, 0.1) is 19.0 Å². The number of benzene rings is 2. The van der Waals surface area contributed by atoms with Gasteiger partial charge < -0.3 is 4.57 Å². The van der Waals surface area contributed by atoms with Crippen molar-refractivity contribution in [1.82, 2.24) is 28.5 Å². The SMILES string of the molecule is CC1CN(Cn2c(=O)c3c(ncn3C)n(C)c2=O)CCN1C(c1ccccc1)c1ccc(Cl)cc1. The van der Waals surface area contributed by atoms with E-state index in [2.05, 4.69) is 58.1 Å². The Morgan fingerprint density at radius 3 is 2.37 bits per heavy atom. The van der Waals surface area contributed by atoms with Crippen LogP contribution < -0.4 is 11.2 Å². The predicted octanol–water partition coefficient (Wildman–Crippen LogP) is 2.84. The molecular formula is C26H29ClN6O2. The van der Waals surface area contributed by atoms with Crippen molar-refractivity contribution < 1.29 is 0 Å². The lowest BCUT2D eigenvalue weighted by atomic mass is 9.95. The van der Waals surface area contributed by atoms with E-state index in [0.29, 0.717) is 11.2 Å². The molecule has 9 heteroatoms. The predicted molar refractivity (Wildman–Crippen MR) is 138 cm³/mol. The zero-order valence-electron chi connectivity index (χ0n) is 20.1. The summed E-state index contributed by atoms with van der Waals surface area (Å²) in [7, 11) is 3.43. The molecule has 2 unspecified atom stereocenters. The third-order valence-corrected chi connectivity index (χ3v) is 7.19. The third kappa shape index (κ3) is 4.33. The summed E-state index contributed by atoms with van der Waals surface area (Å²) in [5.41, 5.74) is 2.60. The van der Waals surface area contributed by atoms with Crippen LogP contribution >= 0.6 is 11.6 Å². The summed E-state index contributed by atoms with van der Waals surface area (Å²) >= 11 is 6.17. The molecule has 0 N–H and O–H groups in total. The Kier molecular flexibility index (Phi) is 6.35. The Hall–Kier alpha value is -3.20. The summed E-state index contributed by atoms with van der Waals surface area (Å²) in [6.45, 7) is 4.72. The summed E-state index contributed by atoms with van der Waals surface area (Å²) in [5, 5.41) is 0.718. The van der Waals surface area contributed by atoms with Gasteiger partial charge in [-0.3, -0.25) is 19.2 Å². The van der Waals surface area contributed by atoms with E-state index in [0.717, 1.165) is 24.7 Å². The minimum atomic E-state index is -0.348. The van der Waals surface area contributed by atoms with Gasteiger partial charge in [-0.1, -0.05) is 54.1 Å². The molecule has 0 spiro atoms. The molecule has 2 atom stereocenters. The zero-order valence-corrected chi connectivity index (χ0v) is 20.9. The van der Waals surface area contributed by atoms with E-state index in [1.54, 1.807) is 25.0 Å². The molecule has 2 aromatic carbocycles. The molecule has 0 saturated carbocycles. The summed E-state index contributed by atoms with van der Waals surface area (Å²) in [6.07, 6.45) is 1.57. The minimum Gasteiger partial charge on any atom is -0.328 e. The largest absolute Gasteiger partial charge is 0.333 e. The molecular weight excluding hydrogens is 464 g/mol. The van der Waals surface area contributed by atoms with Gasteiger partial charge in [-0.2, -0.15) is 0 Å². The highest BCUT2D eigenvalue weighted by Gasteiger charge is 2.32. The van der Waals surface area contributed by atoms with E-state index < -0.39 is 0 Å². The fraction of sp³-hybridized carbons (Fsp3) is 0.346. The van der Waals surface area contributed by atoms with Gasteiger partial charge in [0.2, 0.25) is 0 Å². The van der Waals surface area contributed by atoms with Crippen molar-refractivity contribution in [2.75, 3.05) is 19.6 Å². The molecule has 1 saturated heterocycles. The van der Waals surface area contributed by atoms with Crippen molar-refractivity contribution in [3.63, 3.8) is 0 Å². The van der Waals surface area contributed by atoms with Crippen LogP contribution in [-0.4, -0.2) is 54.2 Å². The molecule has 1 aliphatic heterocycles. The number of aromatic nitrogens is 4. The highest BCUT2D eigenvalue weighted by atomic mass is 35.5. The summed E-state index contributed by atoms with van der Waals surface area (Å²) in [4.78, 5) is 35.0. The van der Waals surface area contributed by atoms with Crippen LogP contribution in [-0.2, 0) is 20.8 Å². The van der Waals surface area contributed by atoms with Crippen LogP contribution in [0, 0.1) is 0 Å². The second-order valence-corrected chi connectivity index (χ2v) is 9.71. The number of halogens is 1. The third-order valence-electron chi connectivity index (χ3n) is 6.94. The van der Waals surface area contributed by atoms with E-state index in [4.69, 9.17) is 11.6 Å². The molecule has 1 fully saturated rings. The maximum atomic E-state index is 13.1. The standard InChI is InChI=1S/C26H29ClN6O2/c1-18-15-31(17-33-25(34)23-24(28-16-29(23)2)30(3)26(33)35)13-14-32(18)22(19-7-5-4-6-8-19)20-9-11-21(27)12-10-20/h4-12,16,18,22H,13-15,17H2,1-3H3. The van der Waals surface area contributed by atoms with Crippen LogP contribution in [0.15, 0.2) is 70.5 Å². The Morgan fingerprint density at radius 1 is 1.00 bits per heavy atom. The molecule has 8 nitrogen and oxygen atoms in total. The molecule has 0 radical (unpaired) electrons. The molecule has 3 heterocycles. The van der Waals surface area contributed by atoms with Crippen LogP contribution in [0.1, 0.15) is 24.1 Å². The number of nitrogens with zero attached hydrogens (tertiary/aromatic N) is 6. The quantitative estimate of drug-likeness (QED) is 0.428. The number of hydrogen-bond acceptors (Lipinski definition) is 5. The Bertz CT molecular complexity index is 1460. The van der Waals surface area contributed by atoms with Crippen LogP contribution in [0.5, 0.6) is 0 Å². The van der Waals surface area contributed by atoms with E-state index in [1.165, 1.54) is 20.3 Å². The number of piperazine rings is 1. The van der Waals surface area contributed by atoms with Gasteiger partial charge in [0.25, 0.3) is 5.56 Å². The van der Waals surface area contributed by atoms with Crippen molar-refractivity contribution in [3.05, 3.63) is 97.9 Å². The monoisotopic (exact) mass is 492 g/mol. The Balaban J connectivity index is 1.42. The fourth-order valence-electron chi connectivity index (χ4n) is 5.14.